The average molecular weight is 549 g/mol. The van der Waals surface area contributed by atoms with E-state index in [9.17, 15) is 19.5 Å². The summed E-state index contributed by atoms with van der Waals surface area (Å²) in [6.45, 7) is 6.10. The minimum absolute atomic E-state index is 0.108. The SMILES string of the molecule is CC(C)(C)OC(=O)NCCOC1C=CC(C[C@H](NC(=O)OCC2c3ccccc3-c3ccccc32)C(=O)O)=CC1. The first-order valence-electron chi connectivity index (χ1n) is 13.4. The van der Waals surface area contributed by atoms with Gasteiger partial charge in [-0.15, -0.1) is 0 Å². The lowest BCUT2D eigenvalue weighted by Gasteiger charge is -2.21. The zero-order chi connectivity index (χ0) is 28.7. The molecule has 9 nitrogen and oxygen atoms in total. The van der Waals surface area contributed by atoms with E-state index < -0.39 is 29.8 Å². The number of aliphatic carboxylic acids is 1. The number of ether oxygens (including phenoxy) is 3. The van der Waals surface area contributed by atoms with E-state index in [1.54, 1.807) is 26.8 Å². The molecule has 4 rings (SSSR count). The van der Waals surface area contributed by atoms with E-state index in [4.69, 9.17) is 14.2 Å². The van der Waals surface area contributed by atoms with Crippen LogP contribution in [0.3, 0.4) is 0 Å². The predicted molar refractivity (Wildman–Crippen MR) is 150 cm³/mol. The van der Waals surface area contributed by atoms with Crippen LogP contribution < -0.4 is 10.6 Å². The van der Waals surface area contributed by atoms with Gasteiger partial charge in [0.2, 0.25) is 0 Å². The maximum absolute atomic E-state index is 12.6. The van der Waals surface area contributed by atoms with Crippen molar-refractivity contribution in [2.24, 2.45) is 0 Å². The highest BCUT2D eigenvalue weighted by atomic mass is 16.6. The summed E-state index contributed by atoms with van der Waals surface area (Å²) in [4.78, 5) is 36.2. The van der Waals surface area contributed by atoms with Gasteiger partial charge in [0.25, 0.3) is 0 Å². The number of hydrogen-bond acceptors (Lipinski definition) is 6. The summed E-state index contributed by atoms with van der Waals surface area (Å²) >= 11 is 0. The minimum atomic E-state index is -1.14. The summed E-state index contributed by atoms with van der Waals surface area (Å²) in [6, 6.07) is 14.9. The van der Waals surface area contributed by atoms with Crippen LogP contribution in [0, 0.1) is 0 Å². The second-order valence-electron chi connectivity index (χ2n) is 10.8. The normalized spacial score (nSPS) is 16.8. The number of nitrogens with one attached hydrogen (secondary N) is 2. The second kappa shape index (κ2) is 12.8. The molecule has 212 valence electrons. The molecule has 0 aromatic heterocycles. The van der Waals surface area contributed by atoms with Crippen LogP contribution in [0.1, 0.15) is 50.7 Å². The maximum Gasteiger partial charge on any atom is 0.407 e. The van der Waals surface area contributed by atoms with Gasteiger partial charge in [0.05, 0.1) is 12.7 Å². The molecule has 2 aliphatic rings. The third-order valence-corrected chi connectivity index (χ3v) is 6.61. The van der Waals surface area contributed by atoms with Crippen LogP contribution in [0.4, 0.5) is 9.59 Å². The fraction of sp³-hybridized carbons (Fsp3) is 0.387. The van der Waals surface area contributed by atoms with Crippen LogP contribution in [0.25, 0.3) is 11.1 Å². The van der Waals surface area contributed by atoms with Crippen LogP contribution in [0.5, 0.6) is 0 Å². The van der Waals surface area contributed by atoms with Crippen molar-refractivity contribution in [1.29, 1.82) is 0 Å². The molecule has 1 unspecified atom stereocenters. The fourth-order valence-corrected chi connectivity index (χ4v) is 4.82. The zero-order valence-corrected chi connectivity index (χ0v) is 23.0. The van der Waals surface area contributed by atoms with E-state index in [0.29, 0.717) is 19.6 Å². The topological polar surface area (TPSA) is 123 Å². The first-order chi connectivity index (χ1) is 19.1. The first-order valence-corrected chi connectivity index (χ1v) is 13.4. The molecular weight excluding hydrogens is 512 g/mol. The van der Waals surface area contributed by atoms with Gasteiger partial charge in [0.15, 0.2) is 0 Å². The molecule has 0 saturated carbocycles. The Kier molecular flexibility index (Phi) is 9.26. The van der Waals surface area contributed by atoms with Crippen molar-refractivity contribution in [3.8, 4) is 11.1 Å². The van der Waals surface area contributed by atoms with Gasteiger partial charge in [0.1, 0.15) is 18.2 Å². The van der Waals surface area contributed by atoms with Crippen molar-refractivity contribution in [2.45, 2.75) is 57.3 Å². The number of benzene rings is 2. The van der Waals surface area contributed by atoms with Crippen molar-refractivity contribution in [2.75, 3.05) is 19.8 Å². The molecule has 2 atom stereocenters. The molecule has 0 fully saturated rings. The molecule has 40 heavy (non-hydrogen) atoms. The predicted octanol–water partition coefficient (Wildman–Crippen LogP) is 5.16. The van der Waals surface area contributed by atoms with E-state index in [1.165, 1.54) is 0 Å². The second-order valence-corrected chi connectivity index (χ2v) is 10.8. The Balaban J connectivity index is 1.22. The van der Waals surface area contributed by atoms with E-state index in [0.717, 1.165) is 27.8 Å². The molecule has 9 heteroatoms. The Bertz CT molecular complexity index is 1250. The van der Waals surface area contributed by atoms with Gasteiger partial charge >= 0.3 is 18.2 Å². The molecule has 0 aliphatic heterocycles. The van der Waals surface area contributed by atoms with Crippen LogP contribution in [-0.2, 0) is 19.0 Å². The summed E-state index contributed by atoms with van der Waals surface area (Å²) in [5.41, 5.74) is 4.62. The number of allylic oxidation sites excluding steroid dienone is 1. The van der Waals surface area contributed by atoms with Crippen LogP contribution in [0.15, 0.2) is 72.3 Å². The maximum atomic E-state index is 12.6. The van der Waals surface area contributed by atoms with Crippen molar-refractivity contribution in [3.63, 3.8) is 0 Å². The van der Waals surface area contributed by atoms with Crippen molar-refractivity contribution < 1.29 is 33.7 Å². The lowest BCUT2D eigenvalue weighted by atomic mass is 9.98. The van der Waals surface area contributed by atoms with Crippen molar-refractivity contribution >= 4 is 18.2 Å². The number of rotatable bonds is 10. The Morgan fingerprint density at radius 1 is 1.00 bits per heavy atom. The molecular formula is C31H36N2O7. The van der Waals surface area contributed by atoms with Crippen molar-refractivity contribution in [3.05, 3.63) is 83.5 Å². The first kappa shape index (κ1) is 28.9. The summed E-state index contributed by atoms with van der Waals surface area (Å²) in [7, 11) is 0. The van der Waals surface area contributed by atoms with Crippen LogP contribution in [-0.4, -0.2) is 60.8 Å². The highest BCUT2D eigenvalue weighted by Gasteiger charge is 2.30. The van der Waals surface area contributed by atoms with E-state index in [-0.39, 0.29) is 25.0 Å². The van der Waals surface area contributed by atoms with E-state index in [1.807, 2.05) is 48.6 Å². The monoisotopic (exact) mass is 548 g/mol. The highest BCUT2D eigenvalue weighted by molar-refractivity contribution is 5.81. The van der Waals surface area contributed by atoms with Gasteiger partial charge in [-0.3, -0.25) is 0 Å². The third kappa shape index (κ3) is 7.72. The Labute approximate surface area is 234 Å². The molecule has 0 saturated heterocycles. The Morgan fingerprint density at radius 2 is 1.65 bits per heavy atom. The number of amides is 2. The number of carboxylic acids is 1. The number of carbonyl (C=O) groups is 3. The number of carboxylic acid groups (broad SMARTS) is 1. The fourth-order valence-electron chi connectivity index (χ4n) is 4.82. The molecule has 0 heterocycles. The Hall–Kier alpha value is -4.11. The summed E-state index contributed by atoms with van der Waals surface area (Å²) in [5.74, 6) is -1.25. The molecule has 2 aromatic rings. The van der Waals surface area contributed by atoms with Gasteiger partial charge in [-0.2, -0.15) is 0 Å². The van der Waals surface area contributed by atoms with Gasteiger partial charge < -0.3 is 30.0 Å². The summed E-state index contributed by atoms with van der Waals surface area (Å²) in [5, 5.41) is 14.8. The van der Waals surface area contributed by atoms with Gasteiger partial charge in [-0.05, 0) is 55.0 Å². The number of fused-ring (bicyclic) bond motifs is 3. The van der Waals surface area contributed by atoms with Gasteiger partial charge in [-0.25, -0.2) is 14.4 Å². The largest absolute Gasteiger partial charge is 0.480 e. The average Bonchev–Trinajstić information content (AvgIpc) is 3.23. The highest BCUT2D eigenvalue weighted by Crippen LogP contribution is 2.44. The quantitative estimate of drug-likeness (QED) is 0.350. The lowest BCUT2D eigenvalue weighted by Crippen LogP contribution is -2.41. The third-order valence-electron chi connectivity index (χ3n) is 6.61. The minimum Gasteiger partial charge on any atom is -0.480 e. The zero-order valence-electron chi connectivity index (χ0n) is 23.0. The Morgan fingerprint density at radius 3 is 2.23 bits per heavy atom. The molecule has 0 radical (unpaired) electrons. The lowest BCUT2D eigenvalue weighted by molar-refractivity contribution is -0.139. The molecule has 2 aliphatic carbocycles. The summed E-state index contributed by atoms with van der Waals surface area (Å²) in [6.07, 6.45) is 4.73. The van der Waals surface area contributed by atoms with Gasteiger partial charge in [0, 0.05) is 18.9 Å². The smallest absolute Gasteiger partial charge is 0.407 e. The summed E-state index contributed by atoms with van der Waals surface area (Å²) < 4.78 is 16.4. The van der Waals surface area contributed by atoms with Gasteiger partial charge in [-0.1, -0.05) is 66.8 Å². The van der Waals surface area contributed by atoms with Crippen molar-refractivity contribution in [1.82, 2.24) is 10.6 Å². The molecule has 0 bridgehead atoms. The van der Waals surface area contributed by atoms with E-state index >= 15 is 0 Å². The molecule has 0 spiro atoms. The standard InChI is InChI=1S/C31H36N2O7/c1-31(2,3)40-29(36)32-16-17-38-21-14-12-20(13-15-21)18-27(28(34)35)33-30(37)39-19-26-24-10-6-4-8-22(24)23-9-5-7-11-25(23)26/h4-14,21,26-27H,15-19H2,1-3H3,(H,32,36)(H,33,37)(H,34,35)/t21?,27-/m0/s1. The van der Waals surface area contributed by atoms with Crippen LogP contribution >= 0.6 is 0 Å². The number of hydrogen-bond donors (Lipinski definition) is 3. The molecule has 2 amide bonds. The number of carbonyl (C=O) groups excluding carboxylic acids is 2. The van der Waals surface area contributed by atoms with Crippen LogP contribution in [0.2, 0.25) is 0 Å². The van der Waals surface area contributed by atoms with E-state index in [2.05, 4.69) is 22.8 Å². The molecule has 3 N–H and O–H groups in total. The molecule has 2 aromatic carbocycles. The number of alkyl carbamates (subject to hydrolysis) is 2.